The second-order valence-corrected chi connectivity index (χ2v) is 41.5. The lowest BCUT2D eigenvalue weighted by molar-refractivity contribution is -0.586. The summed E-state index contributed by atoms with van der Waals surface area (Å²) in [6.45, 7) is 42.2. The molecule has 0 bridgehead atoms. The number of para-hydroxylation sites is 4. The van der Waals surface area contributed by atoms with Gasteiger partial charge in [0, 0.05) is 25.7 Å². The topological polar surface area (TPSA) is 429 Å². The lowest BCUT2D eigenvalue weighted by Crippen LogP contribution is -2.97. The summed E-state index contributed by atoms with van der Waals surface area (Å²) in [6.07, 6.45) is -8.50. The van der Waals surface area contributed by atoms with Crippen LogP contribution in [-0.2, 0) is 88.2 Å². The maximum absolute atomic E-state index is 16.8. The van der Waals surface area contributed by atoms with Crippen molar-refractivity contribution in [1.29, 1.82) is 0 Å². The maximum atomic E-state index is 16.8. The van der Waals surface area contributed by atoms with Crippen molar-refractivity contribution in [3.63, 3.8) is 0 Å². The molecule has 8 rings (SSSR count). The summed E-state index contributed by atoms with van der Waals surface area (Å²) >= 11 is 0. The molecular formula is C101H132O24. The van der Waals surface area contributed by atoms with Gasteiger partial charge in [0.1, 0.15) is 46.0 Å². The summed E-state index contributed by atoms with van der Waals surface area (Å²) in [5, 5.41) is 227. The van der Waals surface area contributed by atoms with Gasteiger partial charge < -0.3 is 101 Å². The molecule has 0 amide bonds. The Balaban J connectivity index is 1.67. The number of carbonyl (C=O) groups is 4. The van der Waals surface area contributed by atoms with Crippen LogP contribution in [0.3, 0.4) is 0 Å². The Morgan fingerprint density at radius 2 is 0.352 bits per heavy atom. The summed E-state index contributed by atoms with van der Waals surface area (Å²) < 4.78 is 24.6. The molecule has 4 atom stereocenters. The first-order valence-electron chi connectivity index (χ1n) is 42.1. The van der Waals surface area contributed by atoms with Crippen molar-refractivity contribution in [2.75, 3.05) is 0 Å². The Hall–Kier alpha value is -9.64. The highest BCUT2D eigenvalue weighted by Gasteiger charge is 2.99. The van der Waals surface area contributed by atoms with Gasteiger partial charge >= 0.3 is 23.1 Å². The van der Waals surface area contributed by atoms with Crippen molar-refractivity contribution in [3.8, 4) is 46.0 Å². The van der Waals surface area contributed by atoms with E-state index in [4.69, 9.17) is 18.9 Å². The molecule has 8 aromatic rings. The van der Waals surface area contributed by atoms with E-state index in [0.29, 0.717) is 0 Å². The number of phenols is 4. The Kier molecular flexibility index (Phi) is 28.4. The van der Waals surface area contributed by atoms with E-state index in [0.717, 1.165) is 48.5 Å². The minimum atomic E-state index is -6.71. The molecule has 0 aliphatic rings. The highest BCUT2D eigenvalue weighted by atomic mass is 16.7. The molecule has 0 aliphatic carbocycles. The largest absolute Gasteiger partial charge is 0.507 e. The van der Waals surface area contributed by atoms with E-state index in [2.05, 4.69) is 0 Å². The van der Waals surface area contributed by atoms with Crippen LogP contribution in [0.5, 0.6) is 46.0 Å². The van der Waals surface area contributed by atoms with Gasteiger partial charge in [0.15, 0.2) is 0 Å². The van der Waals surface area contributed by atoms with Crippen LogP contribution in [-0.4, -0.2) is 151 Å². The Morgan fingerprint density at radius 3 is 0.472 bits per heavy atom. The summed E-state index contributed by atoms with van der Waals surface area (Å²) in [5.74, 6) is -59.9. The average Bonchev–Trinajstić information content (AvgIpc) is 0.640. The Morgan fingerprint density at radius 1 is 0.224 bits per heavy atom. The van der Waals surface area contributed by atoms with Gasteiger partial charge in [-0.1, -0.05) is 287 Å². The molecule has 24 nitrogen and oxygen atoms in total. The smallest absolute Gasteiger partial charge is 0.324 e. The Bertz CT molecular complexity index is 4400. The van der Waals surface area contributed by atoms with Crippen LogP contribution < -0.4 is 18.9 Å². The van der Waals surface area contributed by atoms with Crippen molar-refractivity contribution in [2.24, 2.45) is 5.41 Å². The van der Waals surface area contributed by atoms with Gasteiger partial charge in [-0.3, -0.25) is 19.2 Å². The Labute approximate surface area is 734 Å². The highest BCUT2D eigenvalue weighted by molar-refractivity contribution is 5.92. The monoisotopic (exact) mass is 1730 g/mol. The first-order valence-corrected chi connectivity index (χ1v) is 42.1. The van der Waals surface area contributed by atoms with Crippen LogP contribution in [0.4, 0.5) is 0 Å². The fraction of sp³-hybridized carbons (Fsp3) is 0.485. The van der Waals surface area contributed by atoms with Crippen molar-refractivity contribution < 1.29 is 120 Å². The highest BCUT2D eigenvalue weighted by Crippen LogP contribution is 2.66. The van der Waals surface area contributed by atoms with Gasteiger partial charge in [0.2, 0.25) is 28.5 Å². The van der Waals surface area contributed by atoms with E-state index < -0.39 is 193 Å². The molecule has 0 saturated carbocycles. The van der Waals surface area contributed by atoms with Crippen molar-refractivity contribution in [1.82, 2.24) is 0 Å². The van der Waals surface area contributed by atoms with E-state index in [1.807, 2.05) is 0 Å². The standard InChI is InChI=1S/C101H132O24/c1-85(2,3)69-53-61(54-70(81(69)106)86(4,5)6)45-49-77(102)93(110,122-65-37-29-25-30-38-65)98(114,115)97(99(116,117)94(111,123-66-39-31-26-32-40-66)78(103)50-46-62-55-71(87(7,8)9)82(107)72(56-62)88(10,11)12,100(118,119)95(112,124-67-41-33-27-34-42-67)79(104)51-47-63-57-73(89(13,14)15)83(108)74(58-63)90(16,17)18)101(120,121)96(113,125-68-43-35-28-36-44-68)80(105)52-48-64-59-75(91(19,20)21)84(109)76(60-64)92(22,23)24/h25-44,53-60,106-121H,45-52H2,1-24H3. The molecule has 0 fully saturated rings. The third-order valence-electron chi connectivity index (χ3n) is 23.2. The first-order chi connectivity index (χ1) is 56.9. The molecular weight excluding hydrogens is 1600 g/mol. The predicted octanol–water partition coefficient (Wildman–Crippen LogP) is 13.8. The summed E-state index contributed by atoms with van der Waals surface area (Å²) in [4.78, 5) is 67.4. The van der Waals surface area contributed by atoms with Crippen LogP contribution in [0, 0.1) is 5.41 Å². The fourth-order valence-corrected chi connectivity index (χ4v) is 16.0. The van der Waals surface area contributed by atoms with E-state index >= 15 is 60.0 Å². The molecule has 4 unspecified atom stereocenters. The van der Waals surface area contributed by atoms with E-state index in [1.165, 1.54) is 121 Å². The zero-order valence-corrected chi connectivity index (χ0v) is 76.7. The van der Waals surface area contributed by atoms with Crippen LogP contribution in [0.25, 0.3) is 0 Å². The van der Waals surface area contributed by atoms with Crippen molar-refractivity contribution in [2.45, 2.75) is 307 Å². The summed E-state index contributed by atoms with van der Waals surface area (Å²) in [5.41, 5.74) is -11.1. The second-order valence-electron chi connectivity index (χ2n) is 41.5. The molecule has 0 aromatic heterocycles. The van der Waals surface area contributed by atoms with Crippen molar-refractivity contribution >= 4 is 23.1 Å². The van der Waals surface area contributed by atoms with Gasteiger partial charge in [-0.15, -0.1) is 0 Å². The van der Waals surface area contributed by atoms with Gasteiger partial charge in [-0.05, 0) is 184 Å². The average molecular weight is 1730 g/mol. The summed E-state index contributed by atoms with van der Waals surface area (Å²) in [6, 6.07) is 33.9. The van der Waals surface area contributed by atoms with Crippen LogP contribution in [0.15, 0.2) is 170 Å². The molecule has 8 aromatic carbocycles. The third kappa shape index (κ3) is 19.8. The fourth-order valence-electron chi connectivity index (χ4n) is 16.0. The van der Waals surface area contributed by atoms with Gasteiger partial charge in [-0.2, -0.15) is 0 Å². The SMILES string of the molecule is CC(C)(C)c1cc(CCC(=O)C(O)(Oc2ccccc2)C(O)(O)C(C(O)(O)C(O)(Oc2ccccc2)C(=O)CCc2cc(C(C)(C)C)c(O)c(C(C)(C)C)c2)(C(O)(O)C(O)(Oc2ccccc2)C(=O)CCc2cc(C(C)(C)C)c(O)c(C(C)(C)C)c2)C(O)(O)C(O)(Oc2ccccc2)C(=O)CCc2cc(C(C)(C)C)c(O)c(C(C)(C)C)c2)cc(C(C)(C)C)c1O. The van der Waals surface area contributed by atoms with Crippen molar-refractivity contribution in [3.05, 3.63) is 237 Å². The van der Waals surface area contributed by atoms with Crippen LogP contribution >= 0.6 is 0 Å². The number of aromatic hydroxyl groups is 4. The number of ketones is 4. The zero-order valence-electron chi connectivity index (χ0n) is 76.7. The molecule has 680 valence electrons. The molecule has 0 aliphatic heterocycles. The molecule has 16 N–H and O–H groups in total. The molecule has 125 heavy (non-hydrogen) atoms. The number of Topliss-reactive ketones (excluding diaryl/α,β-unsaturated/α-hetero) is 4. The number of aryl methyl sites for hydroxylation is 4. The van der Waals surface area contributed by atoms with E-state index in [1.54, 1.807) is 166 Å². The molecule has 0 saturated heterocycles. The summed E-state index contributed by atoms with van der Waals surface area (Å²) in [7, 11) is 0. The minimum Gasteiger partial charge on any atom is -0.507 e. The number of carbonyl (C=O) groups excluding carboxylic acids is 4. The lowest BCUT2D eigenvalue weighted by Gasteiger charge is -2.66. The van der Waals surface area contributed by atoms with E-state index in [-0.39, 0.29) is 89.8 Å². The third-order valence-corrected chi connectivity index (χ3v) is 23.2. The van der Waals surface area contributed by atoms with Crippen LogP contribution in [0.2, 0.25) is 0 Å². The number of hydrogen-bond acceptors (Lipinski definition) is 24. The number of hydrogen-bond donors (Lipinski definition) is 16. The molecule has 0 heterocycles. The normalized spacial score (nSPS) is 15.7. The number of rotatable bonds is 32. The van der Waals surface area contributed by atoms with E-state index in [9.17, 15) is 40.9 Å². The minimum absolute atomic E-state index is 0.120. The predicted molar refractivity (Wildman–Crippen MR) is 475 cm³/mol. The molecule has 0 spiro atoms. The van der Waals surface area contributed by atoms with Crippen LogP contribution in [0.1, 0.15) is 259 Å². The van der Waals surface area contributed by atoms with Gasteiger partial charge in [0.05, 0.1) is 0 Å². The zero-order chi connectivity index (χ0) is 94.6. The lowest BCUT2D eigenvalue weighted by atomic mass is 9.51. The number of benzene rings is 8. The van der Waals surface area contributed by atoms with Gasteiger partial charge in [-0.25, -0.2) is 0 Å². The number of aliphatic hydroxyl groups is 12. The quantitative estimate of drug-likeness (QED) is 0.0174. The first kappa shape index (κ1) is 101. The number of phenolic OH excluding ortho intramolecular Hbond substituents is 4. The van der Waals surface area contributed by atoms with Gasteiger partial charge in [0.25, 0.3) is 23.1 Å². The molecule has 0 radical (unpaired) electrons. The number of ether oxygens (including phenoxy) is 4. The molecule has 24 heteroatoms. The maximum Gasteiger partial charge on any atom is 0.324 e. The second kappa shape index (κ2) is 35.2.